The van der Waals surface area contributed by atoms with E-state index in [0.717, 1.165) is 42.4 Å². The fraction of sp³-hybridized carbons (Fsp3) is 0.240. The van der Waals surface area contributed by atoms with Crippen molar-refractivity contribution in [2.75, 3.05) is 20.1 Å². The van der Waals surface area contributed by atoms with E-state index in [4.69, 9.17) is 10.7 Å². The van der Waals surface area contributed by atoms with Gasteiger partial charge in [-0.25, -0.2) is 4.98 Å². The van der Waals surface area contributed by atoms with E-state index in [-0.39, 0.29) is 5.91 Å². The van der Waals surface area contributed by atoms with E-state index in [0.29, 0.717) is 33.9 Å². The van der Waals surface area contributed by atoms with Crippen molar-refractivity contribution in [3.05, 3.63) is 65.7 Å². The number of pyridine rings is 1. The summed E-state index contributed by atoms with van der Waals surface area (Å²) < 4.78 is 0. The van der Waals surface area contributed by atoms with Crippen LogP contribution in [0.1, 0.15) is 33.6 Å². The highest BCUT2D eigenvalue weighted by atomic mass is 16.2. The van der Waals surface area contributed by atoms with E-state index in [1.807, 2.05) is 60.5 Å². The molecule has 2 aromatic heterocycles. The summed E-state index contributed by atoms with van der Waals surface area (Å²) in [5.41, 5.74) is 10.3. The first-order valence-electron chi connectivity index (χ1n) is 10.8. The van der Waals surface area contributed by atoms with Crippen molar-refractivity contribution >= 4 is 33.8 Å². The van der Waals surface area contributed by atoms with Crippen LogP contribution < -0.4 is 11.1 Å². The van der Waals surface area contributed by atoms with Gasteiger partial charge in [-0.1, -0.05) is 30.3 Å². The van der Waals surface area contributed by atoms with Crippen LogP contribution in [0.5, 0.6) is 0 Å². The number of carbonyl (C=O) groups is 2. The van der Waals surface area contributed by atoms with Crippen molar-refractivity contribution in [1.29, 1.82) is 0 Å². The number of hydrogen-bond donors (Lipinski definition) is 3. The van der Waals surface area contributed by atoms with Gasteiger partial charge in [-0.2, -0.15) is 0 Å². The summed E-state index contributed by atoms with van der Waals surface area (Å²) in [6.07, 6.45) is 1.90. The molecule has 0 saturated carbocycles. The molecule has 0 spiro atoms. The van der Waals surface area contributed by atoms with E-state index in [2.05, 4.69) is 10.3 Å². The summed E-state index contributed by atoms with van der Waals surface area (Å²) in [5.74, 6) is -0.502. The quantitative estimate of drug-likeness (QED) is 0.465. The first-order chi connectivity index (χ1) is 15.5. The minimum atomic E-state index is -0.523. The Kier molecular flexibility index (Phi) is 5.11. The number of piperidine rings is 1. The maximum absolute atomic E-state index is 13.1. The summed E-state index contributed by atoms with van der Waals surface area (Å²) in [7, 11) is 1.96. The van der Waals surface area contributed by atoms with Crippen LogP contribution >= 0.6 is 0 Å². The molecule has 0 bridgehead atoms. The number of hydrogen-bond acceptors (Lipinski definition) is 4. The molecule has 1 fully saturated rings. The highest BCUT2D eigenvalue weighted by Crippen LogP contribution is 2.31. The van der Waals surface area contributed by atoms with Gasteiger partial charge in [0.05, 0.1) is 22.3 Å². The van der Waals surface area contributed by atoms with Crippen LogP contribution in [0, 0.1) is 0 Å². The van der Waals surface area contributed by atoms with Crippen LogP contribution in [0.2, 0.25) is 0 Å². The number of nitrogens with two attached hydrogens (primary N) is 1. The second kappa shape index (κ2) is 8.09. The van der Waals surface area contributed by atoms with E-state index < -0.39 is 5.91 Å². The van der Waals surface area contributed by atoms with Crippen LogP contribution in [0.25, 0.3) is 33.2 Å². The summed E-state index contributed by atoms with van der Waals surface area (Å²) in [4.78, 5) is 35.3. The smallest absolute Gasteiger partial charge is 0.253 e. The number of fused-ring (bicyclic) bond motifs is 3. The van der Waals surface area contributed by atoms with Gasteiger partial charge in [-0.3, -0.25) is 9.59 Å². The third-order valence-electron chi connectivity index (χ3n) is 6.33. The second-order valence-corrected chi connectivity index (χ2v) is 8.25. The maximum atomic E-state index is 13.1. The standard InChI is InChI=1S/C25H25N5O2/c1-27-17-9-11-30(12-10-17)25(32)16-7-8-18-21(13-16)29-23-19(24(26)31)14-20(28-22(18)23)15-5-3-2-4-6-15/h2-8,13-14,17,27,29H,9-12H2,1H3,(H2,26,31). The van der Waals surface area contributed by atoms with Crippen molar-refractivity contribution in [2.45, 2.75) is 18.9 Å². The molecule has 2 aromatic carbocycles. The highest BCUT2D eigenvalue weighted by Gasteiger charge is 2.23. The first-order valence-corrected chi connectivity index (χ1v) is 10.8. The maximum Gasteiger partial charge on any atom is 0.253 e. The molecular formula is C25H25N5O2. The molecule has 4 N–H and O–H groups in total. The number of H-pyrrole nitrogens is 1. The average molecular weight is 428 g/mol. The van der Waals surface area contributed by atoms with Gasteiger partial charge in [-0.15, -0.1) is 0 Å². The lowest BCUT2D eigenvalue weighted by atomic mass is 10.0. The Morgan fingerprint density at radius 1 is 1.09 bits per heavy atom. The van der Waals surface area contributed by atoms with E-state index in [1.54, 1.807) is 6.07 Å². The van der Waals surface area contributed by atoms with E-state index in [1.165, 1.54) is 0 Å². The van der Waals surface area contributed by atoms with Gasteiger partial charge in [0.15, 0.2) is 0 Å². The van der Waals surface area contributed by atoms with Gasteiger partial charge >= 0.3 is 0 Å². The van der Waals surface area contributed by atoms with Crippen molar-refractivity contribution in [3.8, 4) is 11.3 Å². The monoisotopic (exact) mass is 427 g/mol. The molecule has 0 atom stereocenters. The number of primary amides is 1. The molecule has 162 valence electrons. The number of carbonyl (C=O) groups excluding carboxylic acids is 2. The molecule has 1 saturated heterocycles. The number of benzene rings is 2. The summed E-state index contributed by atoms with van der Waals surface area (Å²) in [5, 5.41) is 4.14. The third-order valence-corrected chi connectivity index (χ3v) is 6.33. The predicted molar refractivity (Wildman–Crippen MR) is 126 cm³/mol. The lowest BCUT2D eigenvalue weighted by Gasteiger charge is -2.31. The third kappa shape index (κ3) is 3.50. The SMILES string of the molecule is CNC1CCN(C(=O)c2ccc3c(c2)[nH]c2c(C(N)=O)cc(-c4ccccc4)nc23)CC1. The molecule has 7 nitrogen and oxygen atoms in total. The summed E-state index contributed by atoms with van der Waals surface area (Å²) in [6.45, 7) is 1.48. The van der Waals surface area contributed by atoms with Crippen molar-refractivity contribution in [1.82, 2.24) is 20.2 Å². The fourth-order valence-corrected chi connectivity index (χ4v) is 4.49. The number of nitrogens with one attached hydrogen (secondary N) is 2. The number of likely N-dealkylation sites (tertiary alicyclic amines) is 1. The Labute approximate surface area is 185 Å². The molecular weight excluding hydrogens is 402 g/mol. The molecule has 1 aliphatic rings. The average Bonchev–Trinajstić information content (AvgIpc) is 3.21. The summed E-state index contributed by atoms with van der Waals surface area (Å²) in [6, 6.07) is 17.4. The topological polar surface area (TPSA) is 104 Å². The number of amides is 2. The van der Waals surface area contributed by atoms with Crippen LogP contribution in [-0.4, -0.2) is 52.9 Å². The lowest BCUT2D eigenvalue weighted by Crippen LogP contribution is -2.43. The number of aromatic amines is 1. The molecule has 0 aliphatic carbocycles. The second-order valence-electron chi connectivity index (χ2n) is 8.25. The normalized spacial score (nSPS) is 14.8. The van der Waals surface area contributed by atoms with Crippen molar-refractivity contribution in [2.24, 2.45) is 5.73 Å². The van der Waals surface area contributed by atoms with Gasteiger partial charge < -0.3 is 20.9 Å². The van der Waals surface area contributed by atoms with Gasteiger partial charge in [-0.05, 0) is 44.2 Å². The Hall–Kier alpha value is -3.71. The fourth-order valence-electron chi connectivity index (χ4n) is 4.49. The zero-order chi connectivity index (χ0) is 22.2. The van der Waals surface area contributed by atoms with Crippen LogP contribution in [0.4, 0.5) is 0 Å². The molecule has 4 aromatic rings. The molecule has 5 rings (SSSR count). The van der Waals surface area contributed by atoms with E-state index in [9.17, 15) is 9.59 Å². The summed E-state index contributed by atoms with van der Waals surface area (Å²) >= 11 is 0. The molecule has 32 heavy (non-hydrogen) atoms. The molecule has 3 heterocycles. The first kappa shape index (κ1) is 20.2. The van der Waals surface area contributed by atoms with Gasteiger partial charge in [0.2, 0.25) is 0 Å². The molecule has 0 radical (unpaired) electrons. The molecule has 2 amide bonds. The minimum Gasteiger partial charge on any atom is -0.366 e. The Morgan fingerprint density at radius 3 is 2.53 bits per heavy atom. The molecule has 1 aliphatic heterocycles. The van der Waals surface area contributed by atoms with E-state index >= 15 is 0 Å². The van der Waals surface area contributed by atoms with Crippen LogP contribution in [0.15, 0.2) is 54.6 Å². The Morgan fingerprint density at radius 2 is 1.84 bits per heavy atom. The van der Waals surface area contributed by atoms with Gasteiger partial charge in [0, 0.05) is 41.2 Å². The zero-order valence-corrected chi connectivity index (χ0v) is 17.9. The van der Waals surface area contributed by atoms with Crippen LogP contribution in [-0.2, 0) is 0 Å². The highest BCUT2D eigenvalue weighted by molar-refractivity contribution is 6.14. The number of rotatable bonds is 4. The molecule has 0 unspecified atom stereocenters. The molecule has 7 heteroatoms. The van der Waals surface area contributed by atoms with Gasteiger partial charge in [0.1, 0.15) is 0 Å². The van der Waals surface area contributed by atoms with Crippen molar-refractivity contribution < 1.29 is 9.59 Å². The van der Waals surface area contributed by atoms with Crippen molar-refractivity contribution in [3.63, 3.8) is 0 Å². The largest absolute Gasteiger partial charge is 0.366 e. The van der Waals surface area contributed by atoms with Gasteiger partial charge in [0.25, 0.3) is 11.8 Å². The zero-order valence-electron chi connectivity index (χ0n) is 17.9. The Bertz CT molecular complexity index is 1320. The Balaban J connectivity index is 1.57. The number of nitrogens with zero attached hydrogens (tertiary/aromatic N) is 2. The van der Waals surface area contributed by atoms with Crippen LogP contribution in [0.3, 0.4) is 0 Å². The lowest BCUT2D eigenvalue weighted by molar-refractivity contribution is 0.0707. The minimum absolute atomic E-state index is 0.0215. The predicted octanol–water partition coefficient (Wildman–Crippen LogP) is 3.31. The number of aromatic nitrogens is 2.